The zero-order chi connectivity index (χ0) is 21.4. The topological polar surface area (TPSA) is 77.9 Å². The van der Waals surface area contributed by atoms with Crippen LogP contribution in [0.1, 0.15) is 16.7 Å². The second-order valence-electron chi connectivity index (χ2n) is 6.94. The number of hydrogen-bond donors (Lipinski definition) is 1. The summed E-state index contributed by atoms with van der Waals surface area (Å²) in [5.74, 6) is -1.07. The molecule has 0 saturated carbocycles. The van der Waals surface area contributed by atoms with Crippen LogP contribution in [0, 0.1) is 0 Å². The van der Waals surface area contributed by atoms with Crippen LogP contribution in [0.5, 0.6) is 5.75 Å². The highest BCUT2D eigenvalue weighted by atomic mass is 35.5. The van der Waals surface area contributed by atoms with Gasteiger partial charge in [0.05, 0.1) is 15.0 Å². The molecule has 0 radical (unpaired) electrons. The van der Waals surface area contributed by atoms with Gasteiger partial charge in [0.1, 0.15) is 6.54 Å². The summed E-state index contributed by atoms with van der Waals surface area (Å²) >= 11 is 12.6. The lowest BCUT2D eigenvalue weighted by molar-refractivity contribution is -0.136. The van der Waals surface area contributed by atoms with Gasteiger partial charge in [-0.05, 0) is 53.1 Å². The van der Waals surface area contributed by atoms with Gasteiger partial charge in [-0.1, -0.05) is 47.5 Å². The van der Waals surface area contributed by atoms with Gasteiger partial charge in [0.2, 0.25) is 5.91 Å². The average Bonchev–Trinajstić information content (AvgIpc) is 2.98. The first-order valence-electron chi connectivity index (χ1n) is 9.11. The minimum Gasteiger partial charge on any atom is -0.505 e. The van der Waals surface area contributed by atoms with Gasteiger partial charge >= 0.3 is 0 Å². The van der Waals surface area contributed by atoms with Crippen LogP contribution in [0.15, 0.2) is 41.3 Å². The van der Waals surface area contributed by atoms with Crippen molar-refractivity contribution in [2.75, 3.05) is 13.1 Å². The zero-order valence-corrected chi connectivity index (χ0v) is 17.9. The Hall–Kier alpha value is -2.48. The average molecular weight is 463 g/mol. The number of thioether (sulfide) groups is 1. The Kier molecular flexibility index (Phi) is 5.77. The minimum absolute atomic E-state index is 0.0357. The molecular formula is C21H16Cl2N2O4S. The van der Waals surface area contributed by atoms with Gasteiger partial charge in [-0.3, -0.25) is 19.3 Å². The maximum Gasteiger partial charge on any atom is 0.294 e. The number of halogens is 2. The summed E-state index contributed by atoms with van der Waals surface area (Å²) in [6.45, 7) is 0.708. The van der Waals surface area contributed by atoms with E-state index in [4.69, 9.17) is 23.2 Å². The van der Waals surface area contributed by atoms with E-state index in [2.05, 4.69) is 0 Å². The molecule has 6 nitrogen and oxygen atoms in total. The molecule has 3 amide bonds. The van der Waals surface area contributed by atoms with Gasteiger partial charge in [0.25, 0.3) is 11.1 Å². The molecule has 4 rings (SSSR count). The van der Waals surface area contributed by atoms with Crippen molar-refractivity contribution in [1.82, 2.24) is 9.80 Å². The number of amides is 3. The molecule has 30 heavy (non-hydrogen) atoms. The Morgan fingerprint density at radius 2 is 1.80 bits per heavy atom. The van der Waals surface area contributed by atoms with Crippen molar-refractivity contribution in [3.63, 3.8) is 0 Å². The standard InChI is InChI=1S/C21H16Cl2N2O4S/c22-15-7-12(8-16(23)19(15)27)9-17-20(28)25(21(29)30-17)11-18(26)24-6-5-13-3-1-2-4-14(13)10-24/h1-4,7-9,27H,5-6,10-11H2/b17-9-. The molecule has 2 aliphatic rings. The van der Waals surface area contributed by atoms with E-state index in [1.165, 1.54) is 23.8 Å². The molecule has 2 aliphatic heterocycles. The van der Waals surface area contributed by atoms with Crippen LogP contribution in [0.25, 0.3) is 6.08 Å². The van der Waals surface area contributed by atoms with Crippen molar-refractivity contribution in [2.45, 2.75) is 13.0 Å². The smallest absolute Gasteiger partial charge is 0.294 e. The van der Waals surface area contributed by atoms with Crippen molar-refractivity contribution < 1.29 is 19.5 Å². The molecule has 0 spiro atoms. The fraction of sp³-hybridized carbons (Fsp3) is 0.190. The van der Waals surface area contributed by atoms with Gasteiger partial charge in [0.15, 0.2) is 5.75 Å². The molecule has 0 bridgehead atoms. The van der Waals surface area contributed by atoms with E-state index in [0.29, 0.717) is 18.7 Å². The van der Waals surface area contributed by atoms with Crippen LogP contribution in [0.4, 0.5) is 4.79 Å². The highest BCUT2D eigenvalue weighted by Gasteiger charge is 2.37. The molecule has 0 unspecified atom stereocenters. The maximum absolute atomic E-state index is 12.7. The van der Waals surface area contributed by atoms with Crippen LogP contribution in [-0.4, -0.2) is 45.0 Å². The van der Waals surface area contributed by atoms with Crippen molar-refractivity contribution in [3.05, 3.63) is 68.0 Å². The quantitative estimate of drug-likeness (QED) is 0.687. The number of imide groups is 1. The molecule has 2 heterocycles. The molecule has 1 fully saturated rings. The fourth-order valence-corrected chi connectivity index (χ4v) is 4.74. The first kappa shape index (κ1) is 20.8. The van der Waals surface area contributed by atoms with Crippen molar-refractivity contribution in [3.8, 4) is 5.75 Å². The molecule has 2 aromatic carbocycles. The number of nitrogens with zero attached hydrogens (tertiary/aromatic N) is 2. The number of phenols is 1. The molecule has 1 saturated heterocycles. The molecule has 0 atom stereocenters. The van der Waals surface area contributed by atoms with Gasteiger partial charge in [0, 0.05) is 13.1 Å². The Morgan fingerprint density at radius 3 is 2.50 bits per heavy atom. The van der Waals surface area contributed by atoms with Gasteiger partial charge in [-0.15, -0.1) is 0 Å². The van der Waals surface area contributed by atoms with E-state index in [1.54, 1.807) is 4.90 Å². The predicted octanol–water partition coefficient (Wildman–Crippen LogP) is 4.32. The van der Waals surface area contributed by atoms with Crippen LogP contribution in [0.2, 0.25) is 10.0 Å². The maximum atomic E-state index is 12.7. The summed E-state index contributed by atoms with van der Waals surface area (Å²) in [5, 5.41) is 9.22. The zero-order valence-electron chi connectivity index (χ0n) is 15.6. The summed E-state index contributed by atoms with van der Waals surface area (Å²) in [4.78, 5) is 40.6. The number of rotatable bonds is 3. The van der Waals surface area contributed by atoms with Crippen molar-refractivity contribution in [2.24, 2.45) is 0 Å². The Balaban J connectivity index is 1.48. The predicted molar refractivity (Wildman–Crippen MR) is 116 cm³/mol. The van der Waals surface area contributed by atoms with E-state index < -0.39 is 11.1 Å². The summed E-state index contributed by atoms with van der Waals surface area (Å²) in [6, 6.07) is 10.8. The number of carbonyl (C=O) groups excluding carboxylic acids is 3. The second-order valence-corrected chi connectivity index (χ2v) is 8.74. The van der Waals surface area contributed by atoms with E-state index in [-0.39, 0.29) is 33.2 Å². The molecule has 2 aromatic rings. The fourth-order valence-electron chi connectivity index (χ4n) is 3.40. The Morgan fingerprint density at radius 1 is 1.13 bits per heavy atom. The lowest BCUT2D eigenvalue weighted by atomic mass is 10.00. The van der Waals surface area contributed by atoms with Crippen LogP contribution in [-0.2, 0) is 22.6 Å². The molecule has 0 aliphatic carbocycles. The lowest BCUT2D eigenvalue weighted by Crippen LogP contribution is -2.44. The Bertz CT molecular complexity index is 1080. The summed E-state index contributed by atoms with van der Waals surface area (Å²) in [6.07, 6.45) is 2.20. The highest BCUT2D eigenvalue weighted by Crippen LogP contribution is 2.36. The lowest BCUT2D eigenvalue weighted by Gasteiger charge is -2.29. The molecule has 0 aromatic heterocycles. The molecular weight excluding hydrogens is 447 g/mol. The third-order valence-electron chi connectivity index (χ3n) is 4.99. The van der Waals surface area contributed by atoms with E-state index in [1.807, 2.05) is 24.3 Å². The van der Waals surface area contributed by atoms with Crippen LogP contribution >= 0.6 is 35.0 Å². The third-order valence-corrected chi connectivity index (χ3v) is 6.47. The monoisotopic (exact) mass is 462 g/mol. The summed E-state index contributed by atoms with van der Waals surface area (Å²) in [5.41, 5.74) is 2.75. The van der Waals surface area contributed by atoms with Crippen molar-refractivity contribution in [1.29, 1.82) is 0 Å². The van der Waals surface area contributed by atoms with Gasteiger partial charge in [-0.25, -0.2) is 0 Å². The molecule has 1 N–H and O–H groups in total. The van der Waals surface area contributed by atoms with Crippen molar-refractivity contribution >= 4 is 58.1 Å². The first-order valence-corrected chi connectivity index (χ1v) is 10.7. The second kappa shape index (κ2) is 8.34. The highest BCUT2D eigenvalue weighted by molar-refractivity contribution is 8.18. The number of aromatic hydroxyl groups is 1. The Labute approximate surface area is 187 Å². The minimum atomic E-state index is -0.545. The first-order chi connectivity index (χ1) is 14.3. The number of carbonyl (C=O) groups is 3. The molecule has 154 valence electrons. The van der Waals surface area contributed by atoms with E-state index >= 15 is 0 Å². The largest absolute Gasteiger partial charge is 0.505 e. The van der Waals surface area contributed by atoms with E-state index in [0.717, 1.165) is 28.6 Å². The normalized spacial score (nSPS) is 17.6. The number of benzene rings is 2. The number of phenolic OH excluding ortho intramolecular Hbond substituents is 1. The van der Waals surface area contributed by atoms with Gasteiger partial charge < -0.3 is 10.0 Å². The SMILES string of the molecule is O=C(CN1C(=O)S/C(=C\c2cc(Cl)c(O)c(Cl)c2)C1=O)N1CCc2ccccc2C1. The van der Waals surface area contributed by atoms with Gasteiger partial charge in [-0.2, -0.15) is 0 Å². The molecule has 9 heteroatoms. The summed E-state index contributed by atoms with van der Waals surface area (Å²) < 4.78 is 0. The van der Waals surface area contributed by atoms with Crippen LogP contribution in [0.3, 0.4) is 0 Å². The van der Waals surface area contributed by atoms with Crippen LogP contribution < -0.4 is 0 Å². The third kappa shape index (κ3) is 4.05. The number of fused-ring (bicyclic) bond motifs is 1. The number of hydrogen-bond acceptors (Lipinski definition) is 5. The summed E-state index contributed by atoms with van der Waals surface area (Å²) in [7, 11) is 0. The van der Waals surface area contributed by atoms with E-state index in [9.17, 15) is 19.5 Å².